The number of fused-ring (bicyclic) bond motifs is 1. The van der Waals surface area contributed by atoms with Crippen molar-refractivity contribution in [3.8, 4) is 17.6 Å². The predicted molar refractivity (Wildman–Crippen MR) is 147 cm³/mol. The summed E-state index contributed by atoms with van der Waals surface area (Å²) in [5.74, 6) is -1.24. The molecule has 0 aromatic heterocycles. The molecule has 1 amide bonds. The fraction of sp³-hybridized carbons (Fsp3) is 0.0968. The van der Waals surface area contributed by atoms with Gasteiger partial charge in [0.2, 0.25) is 0 Å². The van der Waals surface area contributed by atoms with Crippen LogP contribution < -0.4 is 14.8 Å². The van der Waals surface area contributed by atoms with Crippen LogP contribution in [0.15, 0.2) is 90.5 Å². The number of amides is 1. The maximum absolute atomic E-state index is 13.1. The lowest BCUT2D eigenvalue weighted by atomic mass is 10.0. The highest BCUT2D eigenvalue weighted by atomic mass is 16.6. The van der Waals surface area contributed by atoms with Gasteiger partial charge < -0.3 is 19.5 Å². The summed E-state index contributed by atoms with van der Waals surface area (Å²) in [5, 5.41) is 13.9. The van der Waals surface area contributed by atoms with Gasteiger partial charge in [0, 0.05) is 5.69 Å². The van der Waals surface area contributed by atoms with Crippen LogP contribution in [-0.4, -0.2) is 31.6 Å². The summed E-state index contributed by atoms with van der Waals surface area (Å²) in [6.45, 7) is 1.96. The van der Waals surface area contributed by atoms with Gasteiger partial charge in [0.25, 0.3) is 5.91 Å². The molecule has 0 atom stereocenters. The number of hydrogen-bond acceptors (Lipinski definition) is 7. The van der Waals surface area contributed by atoms with Crippen LogP contribution in [0, 0.1) is 11.3 Å². The van der Waals surface area contributed by atoms with Crippen molar-refractivity contribution in [1.82, 2.24) is 0 Å². The maximum Gasteiger partial charge on any atom is 0.344 e. The van der Waals surface area contributed by atoms with E-state index >= 15 is 0 Å². The monoisotopic (exact) mass is 520 g/mol. The van der Waals surface area contributed by atoms with Gasteiger partial charge in [0.15, 0.2) is 11.5 Å². The van der Waals surface area contributed by atoms with Crippen LogP contribution in [0.25, 0.3) is 16.8 Å². The van der Waals surface area contributed by atoms with Gasteiger partial charge in [-0.1, -0.05) is 42.5 Å². The Morgan fingerprint density at radius 2 is 1.64 bits per heavy atom. The van der Waals surface area contributed by atoms with E-state index in [-0.39, 0.29) is 17.9 Å². The average Bonchev–Trinajstić information content (AvgIpc) is 2.96. The second kappa shape index (κ2) is 12.2. The Balaban J connectivity index is 1.55. The van der Waals surface area contributed by atoms with Crippen LogP contribution in [0.1, 0.15) is 33.2 Å². The lowest BCUT2D eigenvalue weighted by Crippen LogP contribution is -2.14. The molecule has 0 bridgehead atoms. The zero-order chi connectivity index (χ0) is 27.8. The summed E-state index contributed by atoms with van der Waals surface area (Å²) in [7, 11) is 1.45. The molecular formula is C31H24N2O6. The summed E-state index contributed by atoms with van der Waals surface area (Å²) in [6.07, 6.45) is 1.37. The molecule has 0 unspecified atom stereocenters. The zero-order valence-electron chi connectivity index (χ0n) is 21.3. The predicted octanol–water partition coefficient (Wildman–Crippen LogP) is 5.79. The summed E-state index contributed by atoms with van der Waals surface area (Å²) >= 11 is 0. The number of nitrogens with one attached hydrogen (secondary N) is 1. The molecule has 0 saturated carbocycles. The van der Waals surface area contributed by atoms with Gasteiger partial charge in [0.1, 0.15) is 11.6 Å². The Hall–Kier alpha value is -5.42. The van der Waals surface area contributed by atoms with Crippen molar-refractivity contribution < 1.29 is 28.6 Å². The van der Waals surface area contributed by atoms with Crippen molar-refractivity contribution in [2.24, 2.45) is 0 Å². The molecule has 0 aliphatic rings. The number of anilines is 1. The molecule has 4 rings (SSSR count). The molecule has 194 valence electrons. The van der Waals surface area contributed by atoms with E-state index in [4.69, 9.17) is 14.2 Å². The number of nitriles is 1. The Morgan fingerprint density at radius 1 is 0.897 bits per heavy atom. The van der Waals surface area contributed by atoms with E-state index in [9.17, 15) is 19.6 Å². The van der Waals surface area contributed by atoms with E-state index < -0.39 is 17.8 Å². The zero-order valence-corrected chi connectivity index (χ0v) is 21.3. The van der Waals surface area contributed by atoms with E-state index in [1.54, 1.807) is 31.2 Å². The largest absolute Gasteiger partial charge is 0.493 e. The Bertz CT molecular complexity index is 1610. The van der Waals surface area contributed by atoms with E-state index in [2.05, 4.69) is 5.32 Å². The molecule has 4 aromatic rings. The molecule has 0 saturated heterocycles. The molecule has 1 N–H and O–H groups in total. The van der Waals surface area contributed by atoms with Crippen LogP contribution in [0.2, 0.25) is 0 Å². The number of hydrogen-bond donors (Lipinski definition) is 1. The highest BCUT2D eigenvalue weighted by Gasteiger charge is 2.17. The summed E-state index contributed by atoms with van der Waals surface area (Å²) < 4.78 is 16.0. The molecule has 0 aliphatic heterocycles. The van der Waals surface area contributed by atoms with Crippen LogP contribution in [0.5, 0.6) is 11.5 Å². The molecule has 0 radical (unpaired) electrons. The number of rotatable bonds is 8. The van der Waals surface area contributed by atoms with Crippen molar-refractivity contribution in [3.05, 3.63) is 107 Å². The van der Waals surface area contributed by atoms with Gasteiger partial charge in [0.05, 0.1) is 24.8 Å². The van der Waals surface area contributed by atoms with Crippen molar-refractivity contribution in [2.75, 3.05) is 19.0 Å². The Morgan fingerprint density at radius 3 is 2.36 bits per heavy atom. The van der Waals surface area contributed by atoms with E-state index in [1.165, 1.54) is 43.5 Å². The van der Waals surface area contributed by atoms with Gasteiger partial charge in [-0.05, 0) is 71.8 Å². The van der Waals surface area contributed by atoms with E-state index in [0.717, 1.165) is 10.8 Å². The molecule has 0 fully saturated rings. The summed E-state index contributed by atoms with van der Waals surface area (Å²) in [6, 6.07) is 25.6. The first-order valence-electron chi connectivity index (χ1n) is 12.0. The van der Waals surface area contributed by atoms with Gasteiger partial charge in [-0.3, -0.25) is 4.79 Å². The Labute approximate surface area is 225 Å². The Kier molecular flexibility index (Phi) is 8.34. The summed E-state index contributed by atoms with van der Waals surface area (Å²) in [5.41, 5.74) is 1.40. The molecule has 8 nitrogen and oxygen atoms in total. The van der Waals surface area contributed by atoms with E-state index in [1.807, 2.05) is 36.4 Å². The number of esters is 2. The minimum absolute atomic E-state index is 0.136. The smallest absolute Gasteiger partial charge is 0.344 e. The van der Waals surface area contributed by atoms with Gasteiger partial charge >= 0.3 is 11.9 Å². The molecule has 4 aromatic carbocycles. The second-order valence-corrected chi connectivity index (χ2v) is 8.25. The number of methoxy groups -OCH3 is 1. The fourth-order valence-corrected chi connectivity index (χ4v) is 3.84. The van der Waals surface area contributed by atoms with E-state index in [0.29, 0.717) is 28.1 Å². The average molecular weight is 521 g/mol. The lowest BCUT2D eigenvalue weighted by molar-refractivity contribution is -0.112. The van der Waals surface area contributed by atoms with Gasteiger partial charge in [-0.15, -0.1) is 0 Å². The quantitative estimate of drug-likeness (QED) is 0.135. The summed E-state index contributed by atoms with van der Waals surface area (Å²) in [4.78, 5) is 37.6. The molecule has 0 aliphatic carbocycles. The third-order valence-corrected chi connectivity index (χ3v) is 5.73. The van der Waals surface area contributed by atoms with Gasteiger partial charge in [-0.25, -0.2) is 9.59 Å². The first-order chi connectivity index (χ1) is 18.9. The topological polar surface area (TPSA) is 115 Å². The highest BCUT2D eigenvalue weighted by molar-refractivity contribution is 6.10. The normalized spacial score (nSPS) is 10.8. The van der Waals surface area contributed by atoms with Crippen molar-refractivity contribution in [3.63, 3.8) is 0 Å². The SMILES string of the molecule is CCOC(=O)c1ccc(NC(=O)/C(C#N)=C/c2ccc(OC)c(OC(=O)c3cccc4ccccc34)c2)cc1. The number of ether oxygens (including phenoxy) is 3. The number of benzene rings is 4. The molecule has 39 heavy (non-hydrogen) atoms. The second-order valence-electron chi connectivity index (χ2n) is 8.25. The molecule has 0 spiro atoms. The third-order valence-electron chi connectivity index (χ3n) is 5.73. The van der Waals surface area contributed by atoms with Crippen molar-refractivity contribution in [1.29, 1.82) is 5.26 Å². The minimum Gasteiger partial charge on any atom is -0.493 e. The van der Waals surface area contributed by atoms with Gasteiger partial charge in [-0.2, -0.15) is 5.26 Å². The number of carbonyl (C=O) groups is 3. The van der Waals surface area contributed by atoms with Crippen LogP contribution in [0.4, 0.5) is 5.69 Å². The molecule has 8 heteroatoms. The minimum atomic E-state index is -0.647. The third kappa shape index (κ3) is 6.29. The van der Waals surface area contributed by atoms with Crippen molar-refractivity contribution >= 4 is 40.4 Å². The fourth-order valence-electron chi connectivity index (χ4n) is 3.84. The number of nitrogens with zero attached hydrogens (tertiary/aromatic N) is 1. The standard InChI is InChI=1S/C31H24N2O6/c1-3-38-30(35)22-12-14-24(15-13-22)33-29(34)23(19-32)17-20-11-16-27(37-2)28(18-20)39-31(36)26-10-6-8-21-7-4-5-9-25(21)26/h4-18H,3H2,1-2H3,(H,33,34)/b23-17+. The highest BCUT2D eigenvalue weighted by Crippen LogP contribution is 2.31. The lowest BCUT2D eigenvalue weighted by Gasteiger charge is -2.11. The van der Waals surface area contributed by atoms with Crippen LogP contribution >= 0.6 is 0 Å². The molecule has 0 heterocycles. The first kappa shape index (κ1) is 26.6. The van der Waals surface area contributed by atoms with Crippen molar-refractivity contribution in [2.45, 2.75) is 6.92 Å². The first-order valence-corrected chi connectivity index (χ1v) is 12.0. The molecular weight excluding hydrogens is 496 g/mol. The van der Waals surface area contributed by atoms with Crippen LogP contribution in [0.3, 0.4) is 0 Å². The number of carbonyl (C=O) groups excluding carboxylic acids is 3. The van der Waals surface area contributed by atoms with Crippen LogP contribution in [-0.2, 0) is 9.53 Å². The maximum atomic E-state index is 13.1.